The number of hydrazine groups is 1. The first-order chi connectivity index (χ1) is 13.4. The number of carbonyl (C=O) groups excluding carboxylic acids is 3. The van der Waals surface area contributed by atoms with Crippen molar-refractivity contribution in [1.82, 2.24) is 10.9 Å². The highest BCUT2D eigenvalue weighted by atomic mass is 32.1. The molecule has 2 aromatic heterocycles. The number of hydrogen-bond acceptors (Lipinski definition) is 7. The van der Waals surface area contributed by atoms with Crippen molar-refractivity contribution < 1.29 is 19.3 Å². The number of amides is 3. The molecule has 3 rings (SSSR count). The lowest BCUT2D eigenvalue weighted by molar-refractivity contribution is -0.380. The molecule has 0 saturated heterocycles. The summed E-state index contributed by atoms with van der Waals surface area (Å²) < 4.78 is 0. The minimum absolute atomic E-state index is 0.129. The molecule has 2 aromatic rings. The fraction of sp³-hybridized carbons (Fsp3) is 0.353. The number of aryl methyl sites for hydroxylation is 1. The molecule has 148 valence electrons. The summed E-state index contributed by atoms with van der Waals surface area (Å²) in [5.41, 5.74) is 5.85. The molecule has 2 heterocycles. The number of thiophene rings is 2. The fourth-order valence-electron chi connectivity index (χ4n) is 2.99. The number of carbonyl (C=O) groups is 3. The van der Waals surface area contributed by atoms with Crippen LogP contribution in [0.2, 0.25) is 0 Å². The number of fused-ring (bicyclic) bond motifs is 1. The van der Waals surface area contributed by atoms with Gasteiger partial charge < -0.3 is 5.32 Å². The highest BCUT2D eigenvalue weighted by Gasteiger charge is 2.26. The molecule has 0 unspecified atom stereocenters. The summed E-state index contributed by atoms with van der Waals surface area (Å²) in [5, 5.41) is 13.8. The van der Waals surface area contributed by atoms with Crippen molar-refractivity contribution in [2.24, 2.45) is 0 Å². The first-order valence-electron chi connectivity index (χ1n) is 8.64. The third-order valence-electron chi connectivity index (χ3n) is 4.22. The van der Waals surface area contributed by atoms with Gasteiger partial charge in [-0.15, -0.1) is 11.3 Å². The number of anilines is 1. The quantitative estimate of drug-likeness (QED) is 0.396. The van der Waals surface area contributed by atoms with Crippen molar-refractivity contribution in [3.8, 4) is 0 Å². The van der Waals surface area contributed by atoms with E-state index in [0.29, 0.717) is 10.6 Å². The van der Waals surface area contributed by atoms with Crippen LogP contribution in [0, 0.1) is 10.1 Å². The third-order valence-corrected chi connectivity index (χ3v) is 6.47. The van der Waals surface area contributed by atoms with Crippen LogP contribution in [-0.2, 0) is 17.6 Å². The van der Waals surface area contributed by atoms with E-state index in [-0.39, 0.29) is 9.88 Å². The maximum atomic E-state index is 12.7. The molecule has 3 amide bonds. The topological polar surface area (TPSA) is 130 Å². The molecular formula is C17H18N4O5S2. The Kier molecular flexibility index (Phi) is 6.05. The second-order valence-electron chi connectivity index (χ2n) is 6.25. The molecule has 0 aromatic carbocycles. The minimum atomic E-state index is -0.554. The maximum absolute atomic E-state index is 12.7. The van der Waals surface area contributed by atoms with Crippen molar-refractivity contribution in [3.63, 3.8) is 0 Å². The molecule has 1 aliphatic rings. The van der Waals surface area contributed by atoms with Gasteiger partial charge in [-0.25, -0.2) is 0 Å². The van der Waals surface area contributed by atoms with Crippen LogP contribution >= 0.6 is 22.7 Å². The molecular weight excluding hydrogens is 404 g/mol. The lowest BCUT2D eigenvalue weighted by Gasteiger charge is -2.09. The van der Waals surface area contributed by atoms with Crippen molar-refractivity contribution in [1.29, 1.82) is 0 Å². The predicted octanol–water partition coefficient (Wildman–Crippen LogP) is 3.02. The smallest absolute Gasteiger partial charge is 0.312 e. The SMILES string of the molecule is CC(=O)NNC(=O)c1c(NC(=O)c2ccc([N+](=O)[O-])s2)sc2c1CCCCC2. The van der Waals surface area contributed by atoms with Gasteiger partial charge in [0.15, 0.2) is 0 Å². The van der Waals surface area contributed by atoms with Crippen LogP contribution in [0.25, 0.3) is 0 Å². The summed E-state index contributed by atoms with van der Waals surface area (Å²) in [7, 11) is 0. The molecule has 9 nitrogen and oxygen atoms in total. The van der Waals surface area contributed by atoms with Crippen molar-refractivity contribution >= 4 is 50.4 Å². The van der Waals surface area contributed by atoms with E-state index in [4.69, 9.17) is 0 Å². The van der Waals surface area contributed by atoms with Gasteiger partial charge in [-0.05, 0) is 37.3 Å². The molecule has 0 aliphatic heterocycles. The summed E-state index contributed by atoms with van der Waals surface area (Å²) in [5.74, 6) is -1.42. The Balaban J connectivity index is 1.90. The molecule has 3 N–H and O–H groups in total. The highest BCUT2D eigenvalue weighted by Crippen LogP contribution is 2.38. The first-order valence-corrected chi connectivity index (χ1v) is 10.3. The van der Waals surface area contributed by atoms with E-state index in [1.807, 2.05) is 0 Å². The predicted molar refractivity (Wildman–Crippen MR) is 106 cm³/mol. The molecule has 11 heteroatoms. The molecule has 1 aliphatic carbocycles. The van der Waals surface area contributed by atoms with E-state index in [1.165, 1.54) is 30.4 Å². The molecule has 0 radical (unpaired) electrons. The van der Waals surface area contributed by atoms with E-state index >= 15 is 0 Å². The largest absolute Gasteiger partial charge is 0.324 e. The number of rotatable bonds is 4. The molecule has 28 heavy (non-hydrogen) atoms. The van der Waals surface area contributed by atoms with Crippen molar-refractivity contribution in [2.45, 2.75) is 39.0 Å². The van der Waals surface area contributed by atoms with E-state index in [0.717, 1.165) is 53.9 Å². The van der Waals surface area contributed by atoms with Gasteiger partial charge >= 0.3 is 5.00 Å². The summed E-state index contributed by atoms with van der Waals surface area (Å²) >= 11 is 2.11. The molecule has 0 saturated carbocycles. The normalized spacial score (nSPS) is 13.2. The zero-order chi connectivity index (χ0) is 20.3. The van der Waals surface area contributed by atoms with Crippen LogP contribution in [0.5, 0.6) is 0 Å². The summed E-state index contributed by atoms with van der Waals surface area (Å²) in [6.45, 7) is 1.28. The van der Waals surface area contributed by atoms with Gasteiger partial charge in [-0.1, -0.05) is 17.8 Å². The van der Waals surface area contributed by atoms with E-state index in [1.54, 1.807) is 0 Å². The standard InChI is InChI=1S/C17H18N4O5S2/c1-9(22)19-20-16(24)14-10-5-3-2-4-6-11(10)28-17(14)18-15(23)12-7-8-13(27-12)21(25)26/h7-8H,2-6H2,1H3,(H,18,23)(H,19,22)(H,20,24). The first kappa shape index (κ1) is 20.0. The Hall–Kier alpha value is -2.79. The van der Waals surface area contributed by atoms with Gasteiger partial charge in [0.25, 0.3) is 11.8 Å². The monoisotopic (exact) mass is 422 g/mol. The van der Waals surface area contributed by atoms with Crippen LogP contribution < -0.4 is 16.2 Å². The highest BCUT2D eigenvalue weighted by molar-refractivity contribution is 7.18. The van der Waals surface area contributed by atoms with Crippen molar-refractivity contribution in [2.75, 3.05) is 5.32 Å². The number of hydrogen-bond donors (Lipinski definition) is 3. The van der Waals surface area contributed by atoms with E-state index < -0.39 is 22.6 Å². The number of nitro groups is 1. The number of nitrogens with zero attached hydrogens (tertiary/aromatic N) is 1. The van der Waals surface area contributed by atoms with Gasteiger partial charge in [0, 0.05) is 17.9 Å². The van der Waals surface area contributed by atoms with Gasteiger partial charge in [0.1, 0.15) is 5.00 Å². The van der Waals surface area contributed by atoms with Crippen LogP contribution in [0.4, 0.5) is 10.0 Å². The second kappa shape index (κ2) is 8.48. The number of nitrogens with one attached hydrogen (secondary N) is 3. The Morgan fingerprint density at radius 1 is 1.04 bits per heavy atom. The minimum Gasteiger partial charge on any atom is -0.312 e. The third kappa shape index (κ3) is 4.37. The Bertz CT molecular complexity index is 949. The van der Waals surface area contributed by atoms with Crippen molar-refractivity contribution in [3.05, 3.63) is 43.1 Å². The molecule has 0 spiro atoms. The molecule has 0 fully saturated rings. The molecule has 0 atom stereocenters. The summed E-state index contributed by atoms with van der Waals surface area (Å²) in [4.78, 5) is 47.8. The average molecular weight is 422 g/mol. The van der Waals surface area contributed by atoms with E-state index in [9.17, 15) is 24.5 Å². The lowest BCUT2D eigenvalue weighted by Crippen LogP contribution is -2.40. The molecule has 0 bridgehead atoms. The van der Waals surface area contributed by atoms with Crippen LogP contribution in [0.3, 0.4) is 0 Å². The van der Waals surface area contributed by atoms with Crippen LogP contribution in [-0.4, -0.2) is 22.6 Å². The van der Waals surface area contributed by atoms with Gasteiger partial charge in [-0.3, -0.25) is 35.3 Å². The van der Waals surface area contributed by atoms with Gasteiger partial charge in [0.2, 0.25) is 5.91 Å². The van der Waals surface area contributed by atoms with Crippen LogP contribution in [0.15, 0.2) is 12.1 Å². The summed E-state index contributed by atoms with van der Waals surface area (Å²) in [6.07, 6.45) is 4.55. The maximum Gasteiger partial charge on any atom is 0.324 e. The second-order valence-corrected chi connectivity index (χ2v) is 8.42. The lowest BCUT2D eigenvalue weighted by atomic mass is 10.1. The zero-order valence-corrected chi connectivity index (χ0v) is 16.6. The Morgan fingerprint density at radius 2 is 1.79 bits per heavy atom. The van der Waals surface area contributed by atoms with Gasteiger partial charge in [0.05, 0.1) is 15.4 Å². The van der Waals surface area contributed by atoms with Crippen LogP contribution in [0.1, 0.15) is 56.7 Å². The average Bonchev–Trinajstić information content (AvgIpc) is 3.19. The summed E-state index contributed by atoms with van der Waals surface area (Å²) in [6, 6.07) is 2.65. The van der Waals surface area contributed by atoms with Gasteiger partial charge in [-0.2, -0.15) is 0 Å². The Labute approximate surface area is 168 Å². The zero-order valence-electron chi connectivity index (χ0n) is 15.0. The fourth-order valence-corrected chi connectivity index (χ4v) is 4.99. The Morgan fingerprint density at radius 3 is 2.46 bits per heavy atom. The van der Waals surface area contributed by atoms with E-state index in [2.05, 4.69) is 16.2 Å².